The number of hydrogen-bond acceptors (Lipinski definition) is 1. The molecule has 0 saturated carbocycles. The predicted octanol–water partition coefficient (Wildman–Crippen LogP) is 5.93. The molecule has 0 bridgehead atoms. The van der Waals surface area contributed by atoms with Crippen LogP contribution in [-0.2, 0) is 0 Å². The number of hydrogen-bond donors (Lipinski definition) is 1. The first-order chi connectivity index (χ1) is 9.20. The molecule has 0 aliphatic rings. The van der Waals surface area contributed by atoms with Crippen molar-refractivity contribution in [1.29, 1.82) is 0 Å². The minimum absolute atomic E-state index is 0.744. The third-order valence-corrected chi connectivity index (χ3v) is 4.07. The fraction of sp³-hybridized carbons (Fsp3) is 1.00. The Labute approximate surface area is 122 Å². The SMILES string of the molecule is CCCCCCCCCCCCC(CC(C)C)NC. The maximum atomic E-state index is 3.46. The first kappa shape index (κ1) is 19.0. The van der Waals surface area contributed by atoms with E-state index in [4.69, 9.17) is 0 Å². The van der Waals surface area contributed by atoms with Gasteiger partial charge in [0.15, 0.2) is 0 Å². The summed E-state index contributed by atoms with van der Waals surface area (Å²) in [5.74, 6) is 0.820. The van der Waals surface area contributed by atoms with E-state index in [1.54, 1.807) is 0 Å². The molecule has 1 atom stereocenters. The van der Waals surface area contributed by atoms with Crippen LogP contribution < -0.4 is 5.32 Å². The van der Waals surface area contributed by atoms with Gasteiger partial charge >= 0.3 is 0 Å². The van der Waals surface area contributed by atoms with Gasteiger partial charge in [-0.3, -0.25) is 0 Å². The van der Waals surface area contributed by atoms with Crippen molar-refractivity contribution in [2.75, 3.05) is 7.05 Å². The molecule has 0 radical (unpaired) electrons. The van der Waals surface area contributed by atoms with Gasteiger partial charge < -0.3 is 5.32 Å². The van der Waals surface area contributed by atoms with E-state index < -0.39 is 0 Å². The summed E-state index contributed by atoms with van der Waals surface area (Å²) in [5, 5.41) is 3.46. The van der Waals surface area contributed by atoms with Crippen LogP contribution >= 0.6 is 0 Å². The van der Waals surface area contributed by atoms with E-state index in [0.29, 0.717) is 0 Å². The van der Waals surface area contributed by atoms with Gasteiger partial charge in [0.25, 0.3) is 0 Å². The Kier molecular flexibility index (Phi) is 14.3. The summed E-state index contributed by atoms with van der Waals surface area (Å²) < 4.78 is 0. The fourth-order valence-corrected chi connectivity index (χ4v) is 2.83. The van der Waals surface area contributed by atoms with Gasteiger partial charge in [-0.15, -0.1) is 0 Å². The van der Waals surface area contributed by atoms with Gasteiger partial charge in [-0.2, -0.15) is 0 Å². The molecule has 0 saturated heterocycles. The first-order valence-electron chi connectivity index (χ1n) is 8.88. The topological polar surface area (TPSA) is 12.0 Å². The number of unbranched alkanes of at least 4 members (excludes halogenated alkanes) is 9. The Hall–Kier alpha value is -0.0400. The molecule has 0 heterocycles. The van der Waals surface area contributed by atoms with E-state index >= 15 is 0 Å². The lowest BCUT2D eigenvalue weighted by Gasteiger charge is -2.18. The summed E-state index contributed by atoms with van der Waals surface area (Å²) in [6, 6.07) is 0.744. The Balaban J connectivity index is 3.21. The Morgan fingerprint density at radius 1 is 0.737 bits per heavy atom. The molecule has 0 fully saturated rings. The van der Waals surface area contributed by atoms with Gasteiger partial charge in [0.1, 0.15) is 0 Å². The third-order valence-electron chi connectivity index (χ3n) is 4.07. The molecule has 1 nitrogen and oxygen atoms in total. The number of rotatable bonds is 14. The maximum Gasteiger partial charge on any atom is 0.00664 e. The maximum absolute atomic E-state index is 3.46. The molecule has 0 aromatic rings. The van der Waals surface area contributed by atoms with E-state index in [0.717, 1.165) is 12.0 Å². The molecule has 19 heavy (non-hydrogen) atoms. The molecule has 0 aromatic carbocycles. The molecular formula is C18H39N. The second-order valence-corrected chi connectivity index (χ2v) is 6.59. The van der Waals surface area contributed by atoms with Crippen molar-refractivity contribution in [2.45, 2.75) is 104 Å². The summed E-state index contributed by atoms with van der Waals surface area (Å²) in [6.07, 6.45) is 17.1. The van der Waals surface area contributed by atoms with Gasteiger partial charge in [0.05, 0.1) is 0 Å². The number of nitrogens with one attached hydrogen (secondary N) is 1. The molecule has 1 unspecified atom stereocenters. The average molecular weight is 270 g/mol. The lowest BCUT2D eigenvalue weighted by molar-refractivity contribution is 0.405. The molecule has 0 aliphatic carbocycles. The zero-order chi connectivity index (χ0) is 14.3. The molecule has 0 aromatic heterocycles. The Bertz CT molecular complexity index is 165. The van der Waals surface area contributed by atoms with E-state index in [1.165, 1.54) is 77.0 Å². The predicted molar refractivity (Wildman–Crippen MR) is 88.8 cm³/mol. The Morgan fingerprint density at radius 2 is 1.21 bits per heavy atom. The van der Waals surface area contributed by atoms with Crippen LogP contribution in [0.3, 0.4) is 0 Å². The van der Waals surface area contributed by atoms with Crippen LogP contribution in [0.25, 0.3) is 0 Å². The van der Waals surface area contributed by atoms with E-state index in [2.05, 4.69) is 33.1 Å². The third kappa shape index (κ3) is 14.2. The molecule has 0 amide bonds. The highest BCUT2D eigenvalue weighted by Gasteiger charge is 2.07. The van der Waals surface area contributed by atoms with E-state index in [1.807, 2.05) is 0 Å². The van der Waals surface area contributed by atoms with Gasteiger partial charge in [0.2, 0.25) is 0 Å². The lowest BCUT2D eigenvalue weighted by atomic mass is 9.98. The summed E-state index contributed by atoms with van der Waals surface area (Å²) in [6.45, 7) is 6.93. The van der Waals surface area contributed by atoms with Crippen molar-refractivity contribution in [3.8, 4) is 0 Å². The largest absolute Gasteiger partial charge is 0.317 e. The molecule has 0 rings (SSSR count). The highest BCUT2D eigenvalue weighted by molar-refractivity contribution is 4.66. The first-order valence-corrected chi connectivity index (χ1v) is 8.88. The average Bonchev–Trinajstić information content (AvgIpc) is 2.39. The minimum Gasteiger partial charge on any atom is -0.317 e. The standard InChI is InChI=1S/C18H39N/c1-5-6-7-8-9-10-11-12-13-14-15-18(19-4)16-17(2)3/h17-19H,5-16H2,1-4H3. The van der Waals surface area contributed by atoms with Crippen LogP contribution in [0.1, 0.15) is 97.8 Å². The van der Waals surface area contributed by atoms with Crippen molar-refractivity contribution >= 4 is 0 Å². The molecule has 0 aliphatic heterocycles. The smallest absolute Gasteiger partial charge is 0.00664 e. The summed E-state index contributed by atoms with van der Waals surface area (Å²) in [5.41, 5.74) is 0. The van der Waals surface area contributed by atoms with Crippen molar-refractivity contribution in [3.63, 3.8) is 0 Å². The Morgan fingerprint density at radius 3 is 1.63 bits per heavy atom. The van der Waals surface area contributed by atoms with E-state index in [9.17, 15) is 0 Å². The zero-order valence-corrected chi connectivity index (χ0v) is 14.1. The molecular weight excluding hydrogens is 230 g/mol. The minimum atomic E-state index is 0.744. The van der Waals surface area contributed by atoms with Gasteiger partial charge in [0, 0.05) is 6.04 Å². The van der Waals surface area contributed by atoms with Crippen molar-refractivity contribution < 1.29 is 0 Å². The lowest BCUT2D eigenvalue weighted by Crippen LogP contribution is -2.26. The van der Waals surface area contributed by atoms with Gasteiger partial charge in [-0.25, -0.2) is 0 Å². The second kappa shape index (κ2) is 14.4. The zero-order valence-electron chi connectivity index (χ0n) is 14.1. The molecule has 116 valence electrons. The highest BCUT2D eigenvalue weighted by Crippen LogP contribution is 2.14. The van der Waals surface area contributed by atoms with E-state index in [-0.39, 0.29) is 0 Å². The van der Waals surface area contributed by atoms with Crippen molar-refractivity contribution in [3.05, 3.63) is 0 Å². The normalized spacial score (nSPS) is 13.1. The van der Waals surface area contributed by atoms with Gasteiger partial charge in [-0.1, -0.05) is 85.0 Å². The quantitative estimate of drug-likeness (QED) is 0.385. The van der Waals surface area contributed by atoms with Gasteiger partial charge in [-0.05, 0) is 25.8 Å². The fourth-order valence-electron chi connectivity index (χ4n) is 2.83. The monoisotopic (exact) mass is 269 g/mol. The summed E-state index contributed by atoms with van der Waals surface area (Å²) in [4.78, 5) is 0. The highest BCUT2D eigenvalue weighted by atomic mass is 14.9. The van der Waals surface area contributed by atoms with Crippen molar-refractivity contribution in [1.82, 2.24) is 5.32 Å². The van der Waals surface area contributed by atoms with Crippen LogP contribution in [0.4, 0.5) is 0 Å². The molecule has 0 spiro atoms. The summed E-state index contributed by atoms with van der Waals surface area (Å²) >= 11 is 0. The van der Waals surface area contributed by atoms with Crippen LogP contribution in [0.15, 0.2) is 0 Å². The van der Waals surface area contributed by atoms with Crippen LogP contribution in [-0.4, -0.2) is 13.1 Å². The van der Waals surface area contributed by atoms with Crippen molar-refractivity contribution in [2.24, 2.45) is 5.92 Å². The van der Waals surface area contributed by atoms with Crippen LogP contribution in [0.5, 0.6) is 0 Å². The second-order valence-electron chi connectivity index (χ2n) is 6.59. The molecule has 1 heteroatoms. The van der Waals surface area contributed by atoms with Crippen LogP contribution in [0, 0.1) is 5.92 Å². The van der Waals surface area contributed by atoms with Crippen LogP contribution in [0.2, 0.25) is 0 Å². The summed E-state index contributed by atoms with van der Waals surface area (Å²) in [7, 11) is 2.11. The molecule has 1 N–H and O–H groups in total.